The average Bonchev–Trinajstić information content (AvgIpc) is 3.33. The first-order chi connectivity index (χ1) is 13.0. The number of halogens is 2. The van der Waals surface area contributed by atoms with Gasteiger partial charge >= 0.3 is 26.2 Å². The Morgan fingerprint density at radius 2 is 1.07 bits per heavy atom. The van der Waals surface area contributed by atoms with E-state index in [1.54, 1.807) is 0 Å². The van der Waals surface area contributed by atoms with Gasteiger partial charge in [0.1, 0.15) is 0 Å². The van der Waals surface area contributed by atoms with Crippen molar-refractivity contribution < 1.29 is 51.0 Å². The molecule has 0 fully saturated rings. The van der Waals surface area contributed by atoms with Crippen molar-refractivity contribution in [3.63, 3.8) is 0 Å². The second-order valence-corrected chi connectivity index (χ2v) is 7.22. The first-order valence-corrected chi connectivity index (χ1v) is 9.46. The summed E-state index contributed by atoms with van der Waals surface area (Å²) in [6.07, 6.45) is 0. The minimum Gasteiger partial charge on any atom is -1.00 e. The fraction of sp³-hybridized carbons (Fsp3) is 0.148. The first-order valence-electron chi connectivity index (χ1n) is 9.46. The molecule has 0 nitrogen and oxygen atoms in total. The predicted octanol–water partition coefficient (Wildman–Crippen LogP) is 1.76. The van der Waals surface area contributed by atoms with E-state index < -0.39 is 0 Å². The van der Waals surface area contributed by atoms with Gasteiger partial charge in [0.25, 0.3) is 0 Å². The molecule has 5 aromatic rings. The summed E-state index contributed by atoms with van der Waals surface area (Å²) in [4.78, 5) is 0. The third-order valence-corrected chi connectivity index (χ3v) is 4.84. The van der Waals surface area contributed by atoms with Crippen molar-refractivity contribution in [1.82, 2.24) is 0 Å². The van der Waals surface area contributed by atoms with Crippen LogP contribution in [0.25, 0.3) is 21.5 Å². The molecule has 0 bridgehead atoms. The molecule has 156 valence electrons. The molecule has 0 aliphatic rings. The second-order valence-electron chi connectivity index (χ2n) is 7.22. The van der Waals surface area contributed by atoms with Gasteiger partial charge in [0, 0.05) is 0 Å². The van der Waals surface area contributed by atoms with E-state index in [0.717, 1.165) is 0 Å². The van der Waals surface area contributed by atoms with Gasteiger partial charge in [0.2, 0.25) is 0 Å². The Kier molecular flexibility index (Phi) is 13.0. The Labute approximate surface area is 212 Å². The molecule has 0 atom stereocenters. The minimum atomic E-state index is 0. The summed E-state index contributed by atoms with van der Waals surface area (Å²) in [5.74, 6) is 0. The van der Waals surface area contributed by atoms with Gasteiger partial charge in [-0.2, -0.15) is 29.3 Å². The zero-order chi connectivity index (χ0) is 19.2. The maximum Gasteiger partial charge on any atom is 2.00 e. The zero-order valence-corrected chi connectivity index (χ0v) is 21.9. The van der Waals surface area contributed by atoms with Crippen LogP contribution in [0.15, 0.2) is 91.0 Å². The molecule has 3 heteroatoms. The molecule has 0 saturated heterocycles. The van der Waals surface area contributed by atoms with Gasteiger partial charge in [-0.25, -0.2) is 12.1 Å². The summed E-state index contributed by atoms with van der Waals surface area (Å²) < 4.78 is 0. The minimum absolute atomic E-state index is 0. The Morgan fingerprint density at radius 1 is 0.633 bits per heavy atom. The molecule has 0 aromatic heterocycles. The zero-order valence-electron chi connectivity index (χ0n) is 17.9. The van der Waals surface area contributed by atoms with E-state index in [2.05, 4.69) is 119 Å². The van der Waals surface area contributed by atoms with Gasteiger partial charge in [-0.1, -0.05) is 39.8 Å². The van der Waals surface area contributed by atoms with E-state index in [9.17, 15) is 0 Å². The molecule has 0 saturated carbocycles. The third-order valence-electron chi connectivity index (χ3n) is 4.84. The standard InChI is InChI=1S/2C10H9.C7H9.2ClH.Zr/c2*1-8-6-9-4-2-3-5-10(9)7-8;1-6-4-3-5-7(6)2;;;/h2*2-7H,1H3;3-5H,1-2H3;2*1H;/q3*-1;;;+2/p-2. The number of aryl methyl sites for hydroxylation is 4. The van der Waals surface area contributed by atoms with Crippen LogP contribution < -0.4 is 24.8 Å². The monoisotopic (exact) mass is 511 g/mol. The molecule has 30 heavy (non-hydrogen) atoms. The molecule has 5 rings (SSSR count). The maximum atomic E-state index is 2.20. The second kappa shape index (κ2) is 13.7. The molecular weight excluding hydrogens is 486 g/mol. The van der Waals surface area contributed by atoms with Gasteiger partial charge in [-0.3, -0.25) is 0 Å². The fourth-order valence-electron chi connectivity index (χ4n) is 3.21. The van der Waals surface area contributed by atoms with Crippen LogP contribution in [0.5, 0.6) is 0 Å². The van der Waals surface area contributed by atoms with Gasteiger partial charge in [0.15, 0.2) is 0 Å². The number of hydrogen-bond donors (Lipinski definition) is 0. The van der Waals surface area contributed by atoms with E-state index in [1.165, 1.54) is 43.8 Å². The maximum absolute atomic E-state index is 2.20. The molecule has 0 spiro atoms. The molecule has 0 aliphatic heterocycles. The summed E-state index contributed by atoms with van der Waals surface area (Å²) in [6.45, 7) is 8.49. The number of fused-ring (bicyclic) bond motifs is 2. The van der Waals surface area contributed by atoms with E-state index in [0.29, 0.717) is 0 Å². The molecule has 0 unspecified atom stereocenters. The Morgan fingerprint density at radius 3 is 1.37 bits per heavy atom. The summed E-state index contributed by atoms with van der Waals surface area (Å²) in [7, 11) is 0. The van der Waals surface area contributed by atoms with E-state index in [4.69, 9.17) is 0 Å². The summed E-state index contributed by atoms with van der Waals surface area (Å²) >= 11 is 0. The normalized spacial score (nSPS) is 9.20. The van der Waals surface area contributed by atoms with Crippen LogP contribution in [0.2, 0.25) is 0 Å². The molecule has 0 heterocycles. The van der Waals surface area contributed by atoms with Crippen LogP contribution in [-0.4, -0.2) is 0 Å². The van der Waals surface area contributed by atoms with Gasteiger partial charge < -0.3 is 24.8 Å². The van der Waals surface area contributed by atoms with Crippen LogP contribution in [0.4, 0.5) is 0 Å². The molecule has 5 aromatic carbocycles. The Bertz CT molecular complexity index is 973. The predicted molar refractivity (Wildman–Crippen MR) is 120 cm³/mol. The van der Waals surface area contributed by atoms with Crippen molar-refractivity contribution in [2.75, 3.05) is 0 Å². The summed E-state index contributed by atoms with van der Waals surface area (Å²) in [6, 6.07) is 32.0. The van der Waals surface area contributed by atoms with Crippen LogP contribution >= 0.6 is 0 Å². The van der Waals surface area contributed by atoms with Crippen molar-refractivity contribution in [2.24, 2.45) is 0 Å². The molecule has 0 aliphatic carbocycles. The SMILES string of the molecule is Cc1cc2ccccc2[cH-]1.Cc1cc2ccccc2[cH-]1.Cc1ccc[c-]1C.[Cl-].[Cl-].[Zr+2]. The van der Waals surface area contributed by atoms with Crippen LogP contribution in [0.3, 0.4) is 0 Å². The van der Waals surface area contributed by atoms with Gasteiger partial charge in [-0.05, 0) is 0 Å². The molecular formula is C27H27Cl2Zr-3. The largest absolute Gasteiger partial charge is 2.00 e. The van der Waals surface area contributed by atoms with Crippen LogP contribution in [0, 0.1) is 27.7 Å². The third kappa shape index (κ3) is 7.95. The van der Waals surface area contributed by atoms with Crippen LogP contribution in [-0.2, 0) is 26.2 Å². The van der Waals surface area contributed by atoms with Crippen molar-refractivity contribution in [3.05, 3.63) is 113 Å². The number of benzene rings is 2. The van der Waals surface area contributed by atoms with Crippen molar-refractivity contribution in [1.29, 1.82) is 0 Å². The molecule has 0 amide bonds. The van der Waals surface area contributed by atoms with E-state index >= 15 is 0 Å². The van der Waals surface area contributed by atoms with Crippen molar-refractivity contribution >= 4 is 21.5 Å². The summed E-state index contributed by atoms with van der Waals surface area (Å²) in [5.41, 5.74) is 5.47. The summed E-state index contributed by atoms with van der Waals surface area (Å²) in [5, 5.41) is 5.39. The fourth-order valence-corrected chi connectivity index (χ4v) is 3.21. The molecule has 0 N–H and O–H groups in total. The smallest absolute Gasteiger partial charge is 1.00 e. The van der Waals surface area contributed by atoms with Gasteiger partial charge in [-0.15, -0.1) is 81.2 Å². The topological polar surface area (TPSA) is 0 Å². The van der Waals surface area contributed by atoms with Crippen molar-refractivity contribution in [3.8, 4) is 0 Å². The number of rotatable bonds is 0. The van der Waals surface area contributed by atoms with E-state index in [-0.39, 0.29) is 51.0 Å². The Balaban J connectivity index is 0.000000407. The van der Waals surface area contributed by atoms with Gasteiger partial charge in [0.05, 0.1) is 0 Å². The van der Waals surface area contributed by atoms with Crippen LogP contribution in [0.1, 0.15) is 22.3 Å². The number of hydrogen-bond acceptors (Lipinski definition) is 0. The van der Waals surface area contributed by atoms with Crippen molar-refractivity contribution in [2.45, 2.75) is 27.7 Å². The first kappa shape index (κ1) is 28.5. The molecule has 0 radical (unpaired) electrons. The van der Waals surface area contributed by atoms with E-state index in [1.807, 2.05) is 0 Å². The quantitative estimate of drug-likeness (QED) is 0.277. The average molecular weight is 514 g/mol. The Hall–Kier alpha value is -1.53.